The number of carbonyl (C=O) groups is 1. The predicted molar refractivity (Wildman–Crippen MR) is 104 cm³/mol. The highest BCUT2D eigenvalue weighted by atomic mass is 35.5. The number of alkyl halides is 2. The number of hydrogen-bond acceptors (Lipinski definition) is 5. The van der Waals surface area contributed by atoms with Crippen LogP contribution < -0.4 is 10.2 Å². The summed E-state index contributed by atoms with van der Waals surface area (Å²) in [5, 5.41) is 6.64. The van der Waals surface area contributed by atoms with E-state index in [4.69, 9.17) is 11.6 Å². The van der Waals surface area contributed by atoms with Gasteiger partial charge in [-0.2, -0.15) is 5.10 Å². The average molecular weight is 421 g/mol. The molecular weight excluding hydrogens is 402 g/mol. The van der Waals surface area contributed by atoms with E-state index in [2.05, 4.69) is 25.3 Å². The van der Waals surface area contributed by atoms with Crippen LogP contribution in [0.3, 0.4) is 0 Å². The van der Waals surface area contributed by atoms with Gasteiger partial charge in [-0.15, -0.1) is 11.6 Å². The zero-order chi connectivity index (χ0) is 20.4. The van der Waals surface area contributed by atoms with E-state index in [9.17, 15) is 13.6 Å². The van der Waals surface area contributed by atoms with Crippen LogP contribution in [0.25, 0.3) is 5.65 Å². The first-order chi connectivity index (χ1) is 14.1. The zero-order valence-corrected chi connectivity index (χ0v) is 16.2. The molecule has 0 aromatic carbocycles. The summed E-state index contributed by atoms with van der Waals surface area (Å²) >= 11 is 5.43. The summed E-state index contributed by atoms with van der Waals surface area (Å²) in [6.07, 6.45) is 6.40. The topological polar surface area (TPSA) is 75.4 Å². The Morgan fingerprint density at radius 2 is 2.24 bits per heavy atom. The molecule has 2 atom stereocenters. The lowest BCUT2D eigenvalue weighted by Gasteiger charge is -2.26. The highest BCUT2D eigenvalue weighted by Crippen LogP contribution is 2.35. The van der Waals surface area contributed by atoms with Gasteiger partial charge in [-0.05, 0) is 30.5 Å². The molecule has 0 spiro atoms. The molecule has 3 aromatic rings. The van der Waals surface area contributed by atoms with E-state index < -0.39 is 12.1 Å². The molecule has 3 aromatic heterocycles. The van der Waals surface area contributed by atoms with E-state index in [1.807, 2.05) is 0 Å². The van der Waals surface area contributed by atoms with Crippen LogP contribution in [0.4, 0.5) is 14.6 Å². The lowest BCUT2D eigenvalue weighted by atomic mass is 10.1. The molecule has 4 heterocycles. The molecule has 1 fully saturated rings. The molecule has 1 aliphatic rings. The summed E-state index contributed by atoms with van der Waals surface area (Å²) in [4.78, 5) is 23.0. The Balaban J connectivity index is 1.62. The molecule has 0 saturated carbocycles. The van der Waals surface area contributed by atoms with Gasteiger partial charge in [0.25, 0.3) is 5.91 Å². The van der Waals surface area contributed by atoms with Gasteiger partial charge in [0.05, 0.1) is 30.9 Å². The molecule has 7 nitrogen and oxygen atoms in total. The second-order valence-corrected chi connectivity index (χ2v) is 7.17. The minimum atomic E-state index is -1.32. The third kappa shape index (κ3) is 4.00. The predicted octanol–water partition coefficient (Wildman–Crippen LogP) is 2.91. The molecule has 1 amide bonds. The van der Waals surface area contributed by atoms with Crippen LogP contribution in [0.1, 0.15) is 34.8 Å². The number of rotatable bonds is 6. The first-order valence-corrected chi connectivity index (χ1v) is 9.80. The van der Waals surface area contributed by atoms with Crippen molar-refractivity contribution in [2.45, 2.75) is 25.1 Å². The third-order valence-electron chi connectivity index (χ3n) is 4.91. The minimum Gasteiger partial charge on any atom is -0.349 e. The number of fused-ring (bicyclic) bond motifs is 1. The molecular formula is C19H19ClF2N6O. The Morgan fingerprint density at radius 3 is 3.03 bits per heavy atom. The van der Waals surface area contributed by atoms with Crippen molar-refractivity contribution in [3.63, 3.8) is 0 Å². The van der Waals surface area contributed by atoms with Crippen molar-refractivity contribution in [3.05, 3.63) is 53.9 Å². The average Bonchev–Trinajstić information content (AvgIpc) is 3.38. The number of amides is 1. The largest absolute Gasteiger partial charge is 0.349 e. The number of nitrogens with one attached hydrogen (secondary N) is 1. The van der Waals surface area contributed by atoms with Crippen molar-refractivity contribution in [2.75, 3.05) is 23.9 Å². The van der Waals surface area contributed by atoms with Crippen LogP contribution in [0.2, 0.25) is 0 Å². The Hall–Kier alpha value is -2.81. The molecule has 4 rings (SSSR count). The van der Waals surface area contributed by atoms with Gasteiger partial charge >= 0.3 is 0 Å². The monoisotopic (exact) mass is 420 g/mol. The van der Waals surface area contributed by atoms with Crippen LogP contribution >= 0.6 is 11.6 Å². The number of nitrogens with zero attached hydrogens (tertiary/aromatic N) is 5. The van der Waals surface area contributed by atoms with Gasteiger partial charge in [0.2, 0.25) is 0 Å². The smallest absolute Gasteiger partial charge is 0.256 e. The summed E-state index contributed by atoms with van der Waals surface area (Å²) < 4.78 is 28.4. The van der Waals surface area contributed by atoms with E-state index in [1.165, 1.54) is 23.0 Å². The van der Waals surface area contributed by atoms with E-state index in [0.717, 1.165) is 24.9 Å². The maximum atomic E-state index is 13.6. The van der Waals surface area contributed by atoms with Crippen LogP contribution in [0, 0.1) is 5.82 Å². The number of hydrogen-bond donors (Lipinski definition) is 1. The summed E-state index contributed by atoms with van der Waals surface area (Å²) in [5.74, 6) is -0.383. The van der Waals surface area contributed by atoms with Crippen molar-refractivity contribution in [1.29, 1.82) is 0 Å². The summed E-state index contributed by atoms with van der Waals surface area (Å²) in [7, 11) is 0. The normalized spacial score (nSPS) is 17.6. The maximum Gasteiger partial charge on any atom is 0.256 e. The van der Waals surface area contributed by atoms with Crippen molar-refractivity contribution in [1.82, 2.24) is 24.9 Å². The molecule has 1 N–H and O–H groups in total. The number of aromatic nitrogens is 4. The SMILES string of the molecule is O=C(NCC(F)CCl)c1cnn2ccc(N3CCCC3c3cncc(F)c3)nc12. The molecule has 29 heavy (non-hydrogen) atoms. The highest BCUT2D eigenvalue weighted by Gasteiger charge is 2.28. The Bertz CT molecular complexity index is 1030. The zero-order valence-electron chi connectivity index (χ0n) is 15.4. The van der Waals surface area contributed by atoms with Crippen LogP contribution in [-0.4, -0.2) is 50.6 Å². The highest BCUT2D eigenvalue weighted by molar-refractivity contribution is 6.18. The van der Waals surface area contributed by atoms with Crippen molar-refractivity contribution in [2.24, 2.45) is 0 Å². The van der Waals surface area contributed by atoms with Gasteiger partial charge in [-0.25, -0.2) is 18.3 Å². The molecule has 0 radical (unpaired) electrons. The molecule has 2 unspecified atom stereocenters. The fourth-order valence-electron chi connectivity index (χ4n) is 3.53. The molecule has 0 bridgehead atoms. The Labute approximate surface area is 170 Å². The molecule has 152 valence electrons. The molecule has 10 heteroatoms. The summed E-state index contributed by atoms with van der Waals surface area (Å²) in [5.41, 5.74) is 1.40. The molecule has 0 aliphatic carbocycles. The van der Waals surface area contributed by atoms with Crippen molar-refractivity contribution < 1.29 is 13.6 Å². The number of anilines is 1. The van der Waals surface area contributed by atoms with Crippen LogP contribution in [-0.2, 0) is 0 Å². The summed E-state index contributed by atoms with van der Waals surface area (Å²) in [6, 6.07) is 3.23. The van der Waals surface area contributed by atoms with Gasteiger partial charge < -0.3 is 10.2 Å². The van der Waals surface area contributed by atoms with E-state index >= 15 is 0 Å². The second-order valence-electron chi connectivity index (χ2n) is 6.86. The van der Waals surface area contributed by atoms with Gasteiger partial charge in [-0.3, -0.25) is 9.78 Å². The van der Waals surface area contributed by atoms with Gasteiger partial charge in [-0.1, -0.05) is 0 Å². The number of carbonyl (C=O) groups excluding carboxylic acids is 1. The summed E-state index contributed by atoms with van der Waals surface area (Å²) in [6.45, 7) is 0.569. The maximum absolute atomic E-state index is 13.6. The fraction of sp³-hybridized carbons (Fsp3) is 0.368. The first-order valence-electron chi connectivity index (χ1n) is 9.26. The number of pyridine rings is 1. The van der Waals surface area contributed by atoms with Gasteiger partial charge in [0.1, 0.15) is 23.4 Å². The molecule has 1 saturated heterocycles. The standard InChI is InChI=1S/C19H19ClF2N6O/c20-7-14(22)10-24-19(29)15-11-25-28-5-3-17(26-18(15)28)27-4-1-2-16(27)12-6-13(21)9-23-8-12/h3,5-6,8-9,11,14,16H,1-2,4,7,10H2,(H,24,29). The lowest BCUT2D eigenvalue weighted by molar-refractivity contribution is 0.0945. The van der Waals surface area contributed by atoms with E-state index in [1.54, 1.807) is 18.5 Å². The Kier molecular flexibility index (Phi) is 5.57. The first kappa shape index (κ1) is 19.5. The third-order valence-corrected chi connectivity index (χ3v) is 5.24. The van der Waals surface area contributed by atoms with Crippen LogP contribution in [0.15, 0.2) is 36.9 Å². The second kappa shape index (κ2) is 8.28. The van der Waals surface area contributed by atoms with Crippen LogP contribution in [0.5, 0.6) is 0 Å². The van der Waals surface area contributed by atoms with Gasteiger partial charge in [0.15, 0.2) is 5.65 Å². The van der Waals surface area contributed by atoms with Crippen molar-refractivity contribution in [3.8, 4) is 0 Å². The quantitative estimate of drug-likeness (QED) is 0.620. The fourth-order valence-corrected chi connectivity index (χ4v) is 3.64. The lowest BCUT2D eigenvalue weighted by Crippen LogP contribution is -2.31. The van der Waals surface area contributed by atoms with E-state index in [-0.39, 0.29) is 29.8 Å². The van der Waals surface area contributed by atoms with Gasteiger partial charge in [0, 0.05) is 18.9 Å². The van der Waals surface area contributed by atoms with E-state index in [0.29, 0.717) is 11.5 Å². The minimum absolute atomic E-state index is 0.0515. The Morgan fingerprint density at radius 1 is 1.38 bits per heavy atom. The van der Waals surface area contributed by atoms with Crippen molar-refractivity contribution >= 4 is 29.0 Å². The molecule has 1 aliphatic heterocycles. The number of halogens is 3.